The average Bonchev–Trinajstić information content (AvgIpc) is 2.92. The highest BCUT2D eigenvalue weighted by molar-refractivity contribution is 6.30. The van der Waals surface area contributed by atoms with E-state index in [0.717, 1.165) is 0 Å². The molecule has 3 rings (SSSR count). The lowest BCUT2D eigenvalue weighted by Crippen LogP contribution is -2.00. The van der Waals surface area contributed by atoms with Crippen molar-refractivity contribution in [2.24, 2.45) is 0 Å². The zero-order valence-electron chi connectivity index (χ0n) is 10.7. The van der Waals surface area contributed by atoms with Gasteiger partial charge in [0.25, 0.3) is 0 Å². The summed E-state index contributed by atoms with van der Waals surface area (Å²) in [5, 5.41) is 8.35. The van der Waals surface area contributed by atoms with Crippen LogP contribution in [0.4, 0.5) is 4.39 Å². The molecular formula is C15H9ClFN3O. The van der Waals surface area contributed by atoms with Gasteiger partial charge in [-0.2, -0.15) is 0 Å². The molecule has 0 radical (unpaired) electrons. The van der Waals surface area contributed by atoms with Crippen molar-refractivity contribution in [2.75, 3.05) is 0 Å². The molecule has 1 heterocycles. The Labute approximate surface area is 124 Å². The Morgan fingerprint density at radius 1 is 1.14 bits per heavy atom. The number of aromatic nitrogens is 3. The first-order valence-corrected chi connectivity index (χ1v) is 6.49. The van der Waals surface area contributed by atoms with E-state index in [0.29, 0.717) is 28.3 Å². The lowest BCUT2D eigenvalue weighted by molar-refractivity contribution is 0.111. The van der Waals surface area contributed by atoms with Gasteiger partial charge in [0.1, 0.15) is 11.5 Å². The van der Waals surface area contributed by atoms with E-state index in [2.05, 4.69) is 10.3 Å². The maximum atomic E-state index is 13.0. The number of hydrogen-bond acceptors (Lipinski definition) is 3. The van der Waals surface area contributed by atoms with Crippen LogP contribution in [0.15, 0.2) is 48.5 Å². The van der Waals surface area contributed by atoms with Gasteiger partial charge in [0.05, 0.1) is 5.69 Å². The Morgan fingerprint density at radius 3 is 2.57 bits per heavy atom. The first-order chi connectivity index (χ1) is 10.2. The first kappa shape index (κ1) is 13.5. The average molecular weight is 302 g/mol. The Morgan fingerprint density at radius 2 is 1.90 bits per heavy atom. The van der Waals surface area contributed by atoms with E-state index in [9.17, 15) is 9.18 Å². The number of hydrogen-bond donors (Lipinski definition) is 0. The molecule has 6 heteroatoms. The monoisotopic (exact) mass is 301 g/mol. The van der Waals surface area contributed by atoms with Crippen molar-refractivity contribution in [3.05, 3.63) is 65.1 Å². The second-order valence-corrected chi connectivity index (χ2v) is 4.78. The molecule has 0 unspecified atom stereocenters. The topological polar surface area (TPSA) is 47.8 Å². The van der Waals surface area contributed by atoms with Gasteiger partial charge in [-0.15, -0.1) is 5.10 Å². The SMILES string of the molecule is O=Cc1nnn(-c2ccc(F)cc2)c1-c1cccc(Cl)c1. The largest absolute Gasteiger partial charge is 0.296 e. The van der Waals surface area contributed by atoms with Crippen LogP contribution in [0, 0.1) is 5.82 Å². The normalized spacial score (nSPS) is 10.6. The maximum absolute atomic E-state index is 13.0. The van der Waals surface area contributed by atoms with Crippen LogP contribution in [-0.4, -0.2) is 21.3 Å². The molecule has 104 valence electrons. The molecule has 0 aliphatic rings. The lowest BCUT2D eigenvalue weighted by atomic mass is 10.1. The second-order valence-electron chi connectivity index (χ2n) is 4.34. The molecule has 0 amide bonds. The van der Waals surface area contributed by atoms with Crippen LogP contribution in [0.2, 0.25) is 5.02 Å². The van der Waals surface area contributed by atoms with E-state index >= 15 is 0 Å². The molecule has 0 bridgehead atoms. The van der Waals surface area contributed by atoms with Crippen LogP contribution in [0.25, 0.3) is 16.9 Å². The summed E-state index contributed by atoms with van der Waals surface area (Å²) < 4.78 is 14.5. The third-order valence-electron chi connectivity index (χ3n) is 2.98. The first-order valence-electron chi connectivity index (χ1n) is 6.12. The molecule has 3 aromatic rings. The molecule has 2 aromatic carbocycles. The highest BCUT2D eigenvalue weighted by atomic mass is 35.5. The molecule has 1 aromatic heterocycles. The van der Waals surface area contributed by atoms with Crippen molar-refractivity contribution in [2.45, 2.75) is 0 Å². The lowest BCUT2D eigenvalue weighted by Gasteiger charge is -2.07. The van der Waals surface area contributed by atoms with Crippen LogP contribution >= 0.6 is 11.6 Å². The number of carbonyl (C=O) groups is 1. The van der Waals surface area contributed by atoms with Crippen LogP contribution in [-0.2, 0) is 0 Å². The summed E-state index contributed by atoms with van der Waals surface area (Å²) in [4.78, 5) is 11.2. The van der Waals surface area contributed by atoms with Gasteiger partial charge in [0.15, 0.2) is 12.0 Å². The van der Waals surface area contributed by atoms with Crippen LogP contribution < -0.4 is 0 Å². The van der Waals surface area contributed by atoms with Crippen molar-refractivity contribution < 1.29 is 9.18 Å². The highest BCUT2D eigenvalue weighted by Gasteiger charge is 2.16. The Bertz CT molecular complexity index is 799. The van der Waals surface area contributed by atoms with Crippen molar-refractivity contribution in [1.82, 2.24) is 15.0 Å². The molecule has 0 fully saturated rings. The van der Waals surface area contributed by atoms with Gasteiger partial charge >= 0.3 is 0 Å². The number of benzene rings is 2. The van der Waals surface area contributed by atoms with Gasteiger partial charge in [-0.1, -0.05) is 28.9 Å². The smallest absolute Gasteiger partial charge is 0.172 e. The molecule has 0 saturated heterocycles. The minimum absolute atomic E-state index is 0.196. The van der Waals surface area contributed by atoms with Crippen molar-refractivity contribution in [3.63, 3.8) is 0 Å². The quantitative estimate of drug-likeness (QED) is 0.695. The summed E-state index contributed by atoms with van der Waals surface area (Å²) in [5.74, 6) is -0.348. The Hall–Kier alpha value is -2.53. The van der Waals surface area contributed by atoms with Crippen LogP contribution in [0.5, 0.6) is 0 Å². The standard InChI is InChI=1S/C15H9ClFN3O/c16-11-3-1-2-10(8-11)15-14(9-21)18-19-20(15)13-6-4-12(17)5-7-13/h1-9H. The van der Waals surface area contributed by atoms with Crippen molar-refractivity contribution >= 4 is 17.9 Å². The molecule has 0 spiro atoms. The molecule has 0 saturated carbocycles. The zero-order valence-corrected chi connectivity index (χ0v) is 11.5. The molecule has 21 heavy (non-hydrogen) atoms. The molecular weight excluding hydrogens is 293 g/mol. The van der Waals surface area contributed by atoms with Gasteiger partial charge in [-0.3, -0.25) is 4.79 Å². The summed E-state index contributed by atoms with van der Waals surface area (Å²) in [5.41, 5.74) is 2.02. The molecule has 0 N–H and O–H groups in total. The van der Waals surface area contributed by atoms with Crippen LogP contribution in [0.1, 0.15) is 10.5 Å². The van der Waals surface area contributed by atoms with Crippen LogP contribution in [0.3, 0.4) is 0 Å². The van der Waals surface area contributed by atoms with Gasteiger partial charge < -0.3 is 0 Å². The van der Waals surface area contributed by atoms with E-state index in [-0.39, 0.29) is 11.5 Å². The number of rotatable bonds is 3. The Balaban J connectivity index is 2.21. The minimum atomic E-state index is -0.348. The second kappa shape index (κ2) is 5.46. The predicted octanol–water partition coefficient (Wildman–Crippen LogP) is 3.54. The van der Waals surface area contributed by atoms with Gasteiger partial charge in [-0.25, -0.2) is 9.07 Å². The number of carbonyl (C=O) groups excluding carboxylic acids is 1. The third-order valence-corrected chi connectivity index (χ3v) is 3.21. The van der Waals surface area contributed by atoms with Crippen molar-refractivity contribution in [3.8, 4) is 16.9 Å². The maximum Gasteiger partial charge on any atom is 0.172 e. The summed E-state index contributed by atoms with van der Waals surface area (Å²) in [7, 11) is 0. The highest BCUT2D eigenvalue weighted by Crippen LogP contribution is 2.26. The number of aldehydes is 1. The fraction of sp³-hybridized carbons (Fsp3) is 0. The molecule has 0 aliphatic heterocycles. The third kappa shape index (κ3) is 2.55. The summed E-state index contributed by atoms with van der Waals surface area (Å²) in [6, 6.07) is 12.8. The predicted molar refractivity (Wildman–Crippen MR) is 77.2 cm³/mol. The van der Waals surface area contributed by atoms with Gasteiger partial charge in [-0.05, 0) is 36.4 Å². The van der Waals surface area contributed by atoms with E-state index in [1.807, 2.05) is 0 Å². The summed E-state index contributed by atoms with van der Waals surface area (Å²) in [6.07, 6.45) is 0.628. The Kier molecular flexibility index (Phi) is 3.50. The fourth-order valence-electron chi connectivity index (χ4n) is 2.04. The number of nitrogens with zero attached hydrogens (tertiary/aromatic N) is 3. The van der Waals surface area contributed by atoms with E-state index in [1.165, 1.54) is 16.8 Å². The van der Waals surface area contributed by atoms with E-state index < -0.39 is 0 Å². The molecule has 0 atom stereocenters. The van der Waals surface area contributed by atoms with E-state index in [1.54, 1.807) is 36.4 Å². The molecule has 4 nitrogen and oxygen atoms in total. The van der Waals surface area contributed by atoms with Gasteiger partial charge in [0, 0.05) is 10.6 Å². The van der Waals surface area contributed by atoms with Crippen molar-refractivity contribution in [1.29, 1.82) is 0 Å². The number of halogens is 2. The summed E-state index contributed by atoms with van der Waals surface area (Å²) >= 11 is 5.99. The molecule has 0 aliphatic carbocycles. The van der Waals surface area contributed by atoms with Gasteiger partial charge in [0.2, 0.25) is 0 Å². The zero-order chi connectivity index (χ0) is 14.8. The fourth-order valence-corrected chi connectivity index (χ4v) is 2.23. The summed E-state index contributed by atoms with van der Waals surface area (Å²) in [6.45, 7) is 0. The van der Waals surface area contributed by atoms with E-state index in [4.69, 9.17) is 11.6 Å². The minimum Gasteiger partial charge on any atom is -0.296 e.